The number of benzene rings is 1. The second-order valence-corrected chi connectivity index (χ2v) is 9.51. The Morgan fingerprint density at radius 1 is 1.19 bits per heavy atom. The monoisotopic (exact) mass is 492 g/mol. The summed E-state index contributed by atoms with van der Waals surface area (Å²) in [6.07, 6.45) is 2.01. The number of nitrogens with one attached hydrogen (secondary N) is 1. The molecule has 1 aliphatic carbocycles. The number of aliphatic hydroxyl groups excluding tert-OH is 1. The molecule has 10 heteroatoms. The lowest BCUT2D eigenvalue weighted by molar-refractivity contribution is 0.135. The zero-order chi connectivity index (χ0) is 25.2. The molecule has 1 atom stereocenters. The highest BCUT2D eigenvalue weighted by atomic mass is 19.1. The van der Waals surface area contributed by atoms with Crippen molar-refractivity contribution >= 4 is 34.8 Å². The maximum Gasteiger partial charge on any atom is 0.223 e. The number of guanidine groups is 1. The van der Waals surface area contributed by atoms with E-state index in [4.69, 9.17) is 10.7 Å². The van der Waals surface area contributed by atoms with E-state index in [1.165, 1.54) is 0 Å². The summed E-state index contributed by atoms with van der Waals surface area (Å²) in [6.45, 7) is 2.74. The predicted molar refractivity (Wildman–Crippen MR) is 143 cm³/mol. The Hall–Kier alpha value is -3.50. The topological polar surface area (TPSA) is 106 Å². The number of anilines is 4. The molecule has 5 rings (SSSR count). The third-order valence-electron chi connectivity index (χ3n) is 6.96. The van der Waals surface area contributed by atoms with Gasteiger partial charge >= 0.3 is 0 Å². The van der Waals surface area contributed by atoms with Gasteiger partial charge < -0.3 is 21.1 Å². The molecule has 1 unspecified atom stereocenters. The number of hydrogen-bond donors (Lipinski definition) is 3. The van der Waals surface area contributed by atoms with Crippen LogP contribution in [0.15, 0.2) is 64.0 Å². The number of hydrogen-bond acceptors (Lipinski definition) is 6. The zero-order valence-electron chi connectivity index (χ0n) is 20.7. The predicted octanol–water partition coefficient (Wildman–Crippen LogP) is 3.07. The van der Waals surface area contributed by atoms with Gasteiger partial charge in [-0.05, 0) is 56.3 Å². The molecule has 2 aromatic rings. The van der Waals surface area contributed by atoms with Crippen molar-refractivity contribution in [2.75, 3.05) is 61.2 Å². The van der Waals surface area contributed by atoms with Gasteiger partial charge in [0.1, 0.15) is 23.3 Å². The van der Waals surface area contributed by atoms with Gasteiger partial charge in [-0.1, -0.05) is 6.07 Å². The van der Waals surface area contributed by atoms with E-state index >= 15 is 4.39 Å². The van der Waals surface area contributed by atoms with Crippen molar-refractivity contribution in [1.82, 2.24) is 9.88 Å². The molecule has 1 saturated carbocycles. The molecular formula is C26H33FN8O. The van der Waals surface area contributed by atoms with E-state index in [2.05, 4.69) is 25.1 Å². The van der Waals surface area contributed by atoms with E-state index in [9.17, 15) is 5.11 Å². The summed E-state index contributed by atoms with van der Waals surface area (Å²) in [7, 11) is 3.70. The van der Waals surface area contributed by atoms with Crippen molar-refractivity contribution in [2.24, 2.45) is 15.9 Å². The summed E-state index contributed by atoms with van der Waals surface area (Å²) in [4.78, 5) is 19.7. The molecule has 2 aliphatic heterocycles. The minimum atomic E-state index is -0.173. The molecule has 9 nitrogen and oxygen atoms in total. The molecule has 1 aromatic heterocycles. The third-order valence-corrected chi connectivity index (χ3v) is 6.96. The van der Waals surface area contributed by atoms with Crippen LogP contribution in [-0.2, 0) is 0 Å². The van der Waals surface area contributed by atoms with Gasteiger partial charge in [-0.25, -0.2) is 9.37 Å². The molecule has 4 N–H and O–H groups in total. The van der Waals surface area contributed by atoms with Crippen LogP contribution in [0, 0.1) is 5.92 Å². The zero-order valence-corrected chi connectivity index (χ0v) is 20.7. The van der Waals surface area contributed by atoms with Crippen LogP contribution >= 0.6 is 0 Å². The van der Waals surface area contributed by atoms with E-state index in [0.29, 0.717) is 29.1 Å². The van der Waals surface area contributed by atoms with Gasteiger partial charge in [0, 0.05) is 44.0 Å². The fraction of sp³-hybridized carbons (Fsp3) is 0.423. The number of nitrogens with zero attached hydrogens (tertiary/aromatic N) is 6. The number of pyridine rings is 1. The highest BCUT2D eigenvalue weighted by Crippen LogP contribution is 2.45. The standard InChI is InChI=1S/C26H33FN8O/c1-29-26(30-18-8-10-19(11-9-18)34-13-12-33(2)20(15-34)16-36)32-24-14-21(27)25(17-6-7-17)35(24)23-5-3-4-22(28)31-23/h3-5,8-11,17,20,36H,6-7,12-16H2,1-2H3,(H2,28,31)(H,29,30). The summed E-state index contributed by atoms with van der Waals surface area (Å²) in [5.41, 5.74) is 8.49. The Bertz CT molecular complexity index is 1190. The molecule has 0 spiro atoms. The fourth-order valence-electron chi connectivity index (χ4n) is 4.76. The van der Waals surface area contributed by atoms with Crippen LogP contribution in [0.5, 0.6) is 0 Å². The van der Waals surface area contributed by atoms with Crippen LogP contribution < -0.4 is 20.9 Å². The molecule has 3 heterocycles. The van der Waals surface area contributed by atoms with Gasteiger partial charge in [0.05, 0.1) is 24.8 Å². The highest BCUT2D eigenvalue weighted by Gasteiger charge is 2.40. The number of piperazine rings is 1. The summed E-state index contributed by atoms with van der Waals surface area (Å²) in [5, 5.41) is 12.9. The number of allylic oxidation sites excluding steroid dienone is 1. The van der Waals surface area contributed by atoms with E-state index in [1.54, 1.807) is 18.0 Å². The van der Waals surface area contributed by atoms with Gasteiger partial charge in [-0.3, -0.25) is 14.8 Å². The first-order chi connectivity index (χ1) is 17.5. The lowest BCUT2D eigenvalue weighted by Gasteiger charge is -2.39. The molecule has 0 bridgehead atoms. The highest BCUT2D eigenvalue weighted by molar-refractivity contribution is 6.11. The summed E-state index contributed by atoms with van der Waals surface area (Å²) in [5.74, 6) is 1.87. The number of nitrogens with two attached hydrogens (primary N) is 1. The van der Waals surface area contributed by atoms with Gasteiger partial charge in [0.25, 0.3) is 0 Å². The van der Waals surface area contributed by atoms with Crippen LogP contribution in [0.1, 0.15) is 19.3 Å². The normalized spacial score (nSPS) is 22.6. The van der Waals surface area contributed by atoms with Crippen molar-refractivity contribution in [3.8, 4) is 0 Å². The van der Waals surface area contributed by atoms with Crippen molar-refractivity contribution < 1.29 is 9.50 Å². The Morgan fingerprint density at radius 3 is 2.64 bits per heavy atom. The second-order valence-electron chi connectivity index (χ2n) is 9.51. The molecule has 1 aromatic carbocycles. The Balaban J connectivity index is 1.33. The fourth-order valence-corrected chi connectivity index (χ4v) is 4.76. The van der Waals surface area contributed by atoms with E-state index in [1.807, 2.05) is 43.4 Å². The van der Waals surface area contributed by atoms with Gasteiger partial charge in [-0.15, -0.1) is 0 Å². The van der Waals surface area contributed by atoms with Crippen LogP contribution in [0.2, 0.25) is 0 Å². The minimum Gasteiger partial charge on any atom is -0.395 e. The Labute approximate surface area is 210 Å². The summed E-state index contributed by atoms with van der Waals surface area (Å²) >= 11 is 0. The van der Waals surface area contributed by atoms with E-state index in [-0.39, 0.29) is 30.8 Å². The maximum atomic E-state index is 15.1. The van der Waals surface area contributed by atoms with Crippen LogP contribution in [-0.4, -0.2) is 73.2 Å². The lowest BCUT2D eigenvalue weighted by Crippen LogP contribution is -2.53. The molecule has 3 aliphatic rings. The van der Waals surface area contributed by atoms with E-state index < -0.39 is 0 Å². The van der Waals surface area contributed by atoms with Crippen molar-refractivity contribution in [2.45, 2.75) is 25.3 Å². The van der Waals surface area contributed by atoms with Crippen molar-refractivity contribution in [3.63, 3.8) is 0 Å². The first-order valence-corrected chi connectivity index (χ1v) is 12.4. The molecule has 190 valence electrons. The first kappa shape index (κ1) is 24.2. The SMILES string of the molecule is CN=C(N=C1CC(F)=C(C2CC2)N1c1cccc(N)n1)Nc1ccc(N2CCN(C)C(CO)C2)cc1. The molecule has 1 saturated heterocycles. The van der Waals surface area contributed by atoms with Crippen molar-refractivity contribution in [1.29, 1.82) is 0 Å². The van der Waals surface area contributed by atoms with Crippen LogP contribution in [0.25, 0.3) is 0 Å². The summed E-state index contributed by atoms with van der Waals surface area (Å²) in [6, 6.07) is 13.5. The van der Waals surface area contributed by atoms with Crippen molar-refractivity contribution in [3.05, 3.63) is 54.0 Å². The Kier molecular flexibility index (Phi) is 6.88. The van der Waals surface area contributed by atoms with Crippen LogP contribution in [0.4, 0.5) is 27.4 Å². The number of likely N-dealkylation sites (N-methyl/N-ethyl adjacent to an activating group) is 1. The number of amidine groups is 1. The average molecular weight is 493 g/mol. The van der Waals surface area contributed by atoms with Crippen LogP contribution in [0.3, 0.4) is 0 Å². The number of nitrogen functional groups attached to an aromatic ring is 1. The quantitative estimate of drug-likeness (QED) is 0.435. The molecular weight excluding hydrogens is 459 g/mol. The number of aromatic nitrogens is 1. The molecule has 2 fully saturated rings. The molecule has 0 radical (unpaired) electrons. The maximum absolute atomic E-state index is 15.1. The second kappa shape index (κ2) is 10.2. The average Bonchev–Trinajstić information content (AvgIpc) is 3.67. The third kappa shape index (κ3) is 5.05. The molecule has 36 heavy (non-hydrogen) atoms. The lowest BCUT2D eigenvalue weighted by atomic mass is 10.1. The van der Waals surface area contributed by atoms with Gasteiger partial charge in [0.2, 0.25) is 5.96 Å². The Morgan fingerprint density at radius 2 is 1.97 bits per heavy atom. The number of aliphatic hydroxyl groups is 1. The first-order valence-electron chi connectivity index (χ1n) is 12.4. The van der Waals surface area contributed by atoms with E-state index in [0.717, 1.165) is 43.9 Å². The minimum absolute atomic E-state index is 0.0946. The smallest absolute Gasteiger partial charge is 0.223 e. The van der Waals surface area contributed by atoms with Gasteiger partial charge in [0.15, 0.2) is 0 Å². The largest absolute Gasteiger partial charge is 0.395 e. The number of rotatable bonds is 5. The number of aliphatic imine (C=N–C) groups is 2. The summed E-state index contributed by atoms with van der Waals surface area (Å²) < 4.78 is 15.1. The number of halogens is 1. The van der Waals surface area contributed by atoms with Gasteiger partial charge in [-0.2, -0.15) is 4.99 Å². The molecule has 0 amide bonds.